The molecule has 0 atom stereocenters. The second-order valence-corrected chi connectivity index (χ2v) is 6.09. The van der Waals surface area contributed by atoms with Crippen LogP contribution in [0.4, 0.5) is 8.78 Å². The summed E-state index contributed by atoms with van der Waals surface area (Å²) in [7, 11) is 0. The molecule has 2 N–H and O–H groups in total. The van der Waals surface area contributed by atoms with Crippen LogP contribution in [0.15, 0.2) is 66.7 Å². The maximum atomic E-state index is 13.3. The molecule has 0 aliphatic heterocycles. The quantitative estimate of drug-likeness (QED) is 0.413. The standard InChI is InChI=1S/C21H13F2N3O2/c22-13-9-12(10-14(23)11-13)20(27)25-26-21(28)19-15-5-1-3-7-17(15)24-18-8-4-2-6-16(18)19/h1-11H,(H,25,27)(H,26,28). The molecule has 4 rings (SSSR count). The lowest BCUT2D eigenvalue weighted by Gasteiger charge is -2.12. The Kier molecular flexibility index (Phi) is 4.41. The summed E-state index contributed by atoms with van der Waals surface area (Å²) in [6, 6.07) is 16.7. The summed E-state index contributed by atoms with van der Waals surface area (Å²) in [4.78, 5) is 29.5. The van der Waals surface area contributed by atoms with Crippen LogP contribution in [0.2, 0.25) is 0 Å². The molecule has 0 aliphatic carbocycles. The van der Waals surface area contributed by atoms with Gasteiger partial charge in [0, 0.05) is 22.4 Å². The first-order valence-electron chi connectivity index (χ1n) is 8.37. The zero-order valence-electron chi connectivity index (χ0n) is 14.4. The van der Waals surface area contributed by atoms with Gasteiger partial charge in [0.25, 0.3) is 11.8 Å². The van der Waals surface area contributed by atoms with Crippen LogP contribution < -0.4 is 10.9 Å². The van der Waals surface area contributed by atoms with E-state index in [1.807, 2.05) is 12.1 Å². The normalized spacial score (nSPS) is 10.8. The smallest absolute Gasteiger partial charge is 0.267 e. The topological polar surface area (TPSA) is 71.1 Å². The summed E-state index contributed by atoms with van der Waals surface area (Å²) in [6.07, 6.45) is 0. The van der Waals surface area contributed by atoms with Crippen molar-refractivity contribution in [3.63, 3.8) is 0 Å². The summed E-state index contributed by atoms with van der Waals surface area (Å²) in [5.74, 6) is -3.18. The highest BCUT2D eigenvalue weighted by molar-refractivity contribution is 6.16. The molecule has 0 bridgehead atoms. The molecule has 3 aromatic carbocycles. The number of benzene rings is 3. The number of hydrogen-bond acceptors (Lipinski definition) is 3. The Morgan fingerprint density at radius 2 is 1.21 bits per heavy atom. The van der Waals surface area contributed by atoms with Crippen molar-refractivity contribution in [2.24, 2.45) is 0 Å². The van der Waals surface area contributed by atoms with Gasteiger partial charge in [-0.3, -0.25) is 20.4 Å². The number of aromatic nitrogens is 1. The highest BCUT2D eigenvalue weighted by atomic mass is 19.1. The van der Waals surface area contributed by atoms with Gasteiger partial charge in [0.1, 0.15) is 11.6 Å². The van der Waals surface area contributed by atoms with Crippen LogP contribution in [-0.4, -0.2) is 16.8 Å². The SMILES string of the molecule is O=C(NNC(=O)c1c2ccccc2nc2ccccc12)c1cc(F)cc(F)c1. The number of carbonyl (C=O) groups is 2. The second-order valence-electron chi connectivity index (χ2n) is 6.09. The van der Waals surface area contributed by atoms with E-state index in [-0.39, 0.29) is 5.56 Å². The van der Waals surface area contributed by atoms with Crippen molar-refractivity contribution in [1.29, 1.82) is 0 Å². The van der Waals surface area contributed by atoms with Gasteiger partial charge in [-0.1, -0.05) is 36.4 Å². The van der Waals surface area contributed by atoms with E-state index in [0.717, 1.165) is 12.1 Å². The summed E-state index contributed by atoms with van der Waals surface area (Å²) in [5, 5.41) is 1.23. The van der Waals surface area contributed by atoms with Crippen molar-refractivity contribution in [3.8, 4) is 0 Å². The number of pyridine rings is 1. The van der Waals surface area contributed by atoms with E-state index in [2.05, 4.69) is 15.8 Å². The van der Waals surface area contributed by atoms with Crippen LogP contribution in [0.1, 0.15) is 20.7 Å². The van der Waals surface area contributed by atoms with Gasteiger partial charge in [0.05, 0.1) is 16.6 Å². The van der Waals surface area contributed by atoms with Crippen molar-refractivity contribution in [3.05, 3.63) is 89.5 Å². The third-order valence-corrected chi connectivity index (χ3v) is 4.23. The second kappa shape index (κ2) is 7.03. The average Bonchev–Trinajstić information content (AvgIpc) is 2.69. The summed E-state index contributed by atoms with van der Waals surface area (Å²) in [5.41, 5.74) is 5.85. The van der Waals surface area contributed by atoms with Crippen molar-refractivity contribution in [2.75, 3.05) is 0 Å². The lowest BCUT2D eigenvalue weighted by molar-refractivity contribution is 0.0848. The lowest BCUT2D eigenvalue weighted by atomic mass is 10.0. The van der Waals surface area contributed by atoms with Gasteiger partial charge in [-0.25, -0.2) is 13.8 Å². The number of hydrazine groups is 1. The molecule has 4 aromatic rings. The Morgan fingerprint density at radius 1 is 0.714 bits per heavy atom. The Bertz CT molecular complexity index is 1170. The fourth-order valence-corrected chi connectivity index (χ4v) is 3.02. The number of fused-ring (bicyclic) bond motifs is 2. The van der Waals surface area contributed by atoms with Gasteiger partial charge in [-0.05, 0) is 24.3 Å². The minimum absolute atomic E-state index is 0.248. The molecule has 0 radical (unpaired) electrons. The number of carbonyl (C=O) groups excluding carboxylic acids is 2. The number of nitrogens with one attached hydrogen (secondary N) is 2. The first-order valence-corrected chi connectivity index (χ1v) is 8.37. The van der Waals surface area contributed by atoms with Gasteiger partial charge in [-0.2, -0.15) is 0 Å². The maximum absolute atomic E-state index is 13.3. The Morgan fingerprint density at radius 3 is 1.79 bits per heavy atom. The van der Waals surface area contributed by atoms with E-state index >= 15 is 0 Å². The minimum Gasteiger partial charge on any atom is -0.267 e. The first kappa shape index (κ1) is 17.5. The van der Waals surface area contributed by atoms with Crippen LogP contribution in [0.25, 0.3) is 21.8 Å². The molecule has 2 amide bonds. The van der Waals surface area contributed by atoms with E-state index in [1.165, 1.54) is 0 Å². The first-order chi connectivity index (χ1) is 13.5. The van der Waals surface area contributed by atoms with E-state index in [4.69, 9.17) is 0 Å². The van der Waals surface area contributed by atoms with Gasteiger partial charge in [0.15, 0.2) is 0 Å². The van der Waals surface area contributed by atoms with Gasteiger partial charge >= 0.3 is 0 Å². The molecule has 1 heterocycles. The largest absolute Gasteiger partial charge is 0.271 e. The predicted octanol–water partition coefficient (Wildman–Crippen LogP) is 3.74. The van der Waals surface area contributed by atoms with Crippen LogP contribution in [0.5, 0.6) is 0 Å². The molecule has 0 aliphatic rings. The van der Waals surface area contributed by atoms with Gasteiger partial charge in [0.2, 0.25) is 0 Å². The molecule has 0 unspecified atom stereocenters. The van der Waals surface area contributed by atoms with E-state index < -0.39 is 23.4 Å². The fraction of sp³-hybridized carbons (Fsp3) is 0. The molecule has 0 saturated carbocycles. The Balaban J connectivity index is 1.67. The number of halogens is 2. The Labute approximate surface area is 158 Å². The molecular weight excluding hydrogens is 364 g/mol. The van der Waals surface area contributed by atoms with Gasteiger partial charge in [-0.15, -0.1) is 0 Å². The number of nitrogens with zero attached hydrogens (tertiary/aromatic N) is 1. The third-order valence-electron chi connectivity index (χ3n) is 4.23. The number of rotatable bonds is 2. The molecule has 0 spiro atoms. The van der Waals surface area contributed by atoms with Crippen molar-refractivity contribution in [1.82, 2.24) is 15.8 Å². The van der Waals surface area contributed by atoms with Crippen LogP contribution in [-0.2, 0) is 0 Å². The highest BCUT2D eigenvalue weighted by Gasteiger charge is 2.17. The maximum Gasteiger partial charge on any atom is 0.271 e. The molecule has 1 aromatic heterocycles. The van der Waals surface area contributed by atoms with Crippen molar-refractivity contribution < 1.29 is 18.4 Å². The van der Waals surface area contributed by atoms with Crippen LogP contribution in [0, 0.1) is 11.6 Å². The van der Waals surface area contributed by atoms with Crippen molar-refractivity contribution >= 4 is 33.6 Å². The lowest BCUT2D eigenvalue weighted by Crippen LogP contribution is -2.41. The zero-order valence-corrected chi connectivity index (χ0v) is 14.4. The molecule has 5 nitrogen and oxygen atoms in total. The summed E-state index contributed by atoms with van der Waals surface area (Å²) < 4.78 is 26.6. The van der Waals surface area contributed by atoms with Crippen LogP contribution >= 0.6 is 0 Å². The molecular formula is C21H13F2N3O2. The van der Waals surface area contributed by atoms with E-state index in [1.54, 1.807) is 36.4 Å². The molecule has 0 saturated heterocycles. The predicted molar refractivity (Wildman–Crippen MR) is 101 cm³/mol. The monoisotopic (exact) mass is 377 g/mol. The van der Waals surface area contributed by atoms with Gasteiger partial charge < -0.3 is 0 Å². The summed E-state index contributed by atoms with van der Waals surface area (Å²) >= 11 is 0. The number of hydrogen-bond donors (Lipinski definition) is 2. The zero-order chi connectivity index (χ0) is 19.7. The molecule has 138 valence electrons. The summed E-state index contributed by atoms with van der Waals surface area (Å²) in [6.45, 7) is 0. The van der Waals surface area contributed by atoms with Crippen molar-refractivity contribution in [2.45, 2.75) is 0 Å². The molecule has 0 fully saturated rings. The number of amides is 2. The number of para-hydroxylation sites is 2. The van der Waals surface area contributed by atoms with E-state index in [9.17, 15) is 18.4 Å². The van der Waals surface area contributed by atoms with E-state index in [0.29, 0.717) is 33.4 Å². The molecule has 7 heteroatoms. The molecule has 28 heavy (non-hydrogen) atoms. The highest BCUT2D eigenvalue weighted by Crippen LogP contribution is 2.25. The fourth-order valence-electron chi connectivity index (χ4n) is 3.02. The average molecular weight is 377 g/mol. The minimum atomic E-state index is -0.886. The van der Waals surface area contributed by atoms with Crippen LogP contribution in [0.3, 0.4) is 0 Å². The third kappa shape index (κ3) is 3.25. The Hall–Kier alpha value is -3.87.